The molecule has 0 aromatic heterocycles. The topological polar surface area (TPSA) is 49.4 Å². The summed E-state index contributed by atoms with van der Waals surface area (Å²) < 4.78 is 40.3. The van der Waals surface area contributed by atoms with E-state index in [0.29, 0.717) is 31.7 Å². The quantitative estimate of drug-likeness (QED) is 0.762. The molecular weight excluding hydrogens is 291 g/mol. The fourth-order valence-corrected chi connectivity index (χ4v) is 3.58. The summed E-state index contributed by atoms with van der Waals surface area (Å²) in [7, 11) is -3.55. The van der Waals surface area contributed by atoms with Crippen molar-refractivity contribution in [3.63, 3.8) is 0 Å². The molecule has 6 heteroatoms. The van der Waals surface area contributed by atoms with E-state index in [1.807, 2.05) is 20.8 Å². The third kappa shape index (κ3) is 4.76. The van der Waals surface area contributed by atoms with Crippen molar-refractivity contribution in [1.29, 1.82) is 0 Å². The third-order valence-electron chi connectivity index (χ3n) is 3.33. The highest BCUT2D eigenvalue weighted by atomic mass is 32.2. The van der Waals surface area contributed by atoms with Gasteiger partial charge in [-0.05, 0) is 31.2 Å². The van der Waals surface area contributed by atoms with E-state index in [1.165, 1.54) is 22.5 Å². The molecule has 0 atom stereocenters. The Morgan fingerprint density at radius 2 is 1.95 bits per heavy atom. The molecule has 1 N–H and O–H groups in total. The fourth-order valence-electron chi connectivity index (χ4n) is 2.04. The number of nitrogens with zero attached hydrogens (tertiary/aromatic N) is 1. The number of hydrogen-bond acceptors (Lipinski definition) is 3. The van der Waals surface area contributed by atoms with Crippen LogP contribution >= 0.6 is 0 Å². The molecule has 1 aromatic carbocycles. The Bertz CT molecular complexity index is 547. The first-order valence-corrected chi connectivity index (χ1v) is 8.90. The van der Waals surface area contributed by atoms with Crippen molar-refractivity contribution in [2.75, 3.05) is 19.6 Å². The minimum absolute atomic E-state index is 0.162. The van der Waals surface area contributed by atoms with E-state index in [-0.39, 0.29) is 10.7 Å². The maximum absolute atomic E-state index is 13.7. The second-order valence-corrected chi connectivity index (χ2v) is 6.82. The van der Waals surface area contributed by atoms with Gasteiger partial charge in [-0.1, -0.05) is 27.2 Å². The number of benzene rings is 1. The van der Waals surface area contributed by atoms with Gasteiger partial charge in [0.25, 0.3) is 0 Å². The predicted molar refractivity (Wildman–Crippen MR) is 83.1 cm³/mol. The maximum Gasteiger partial charge on any atom is 0.243 e. The van der Waals surface area contributed by atoms with Crippen LogP contribution in [-0.2, 0) is 16.6 Å². The number of unbranched alkanes of at least 4 members (excludes halogenated alkanes) is 1. The van der Waals surface area contributed by atoms with E-state index in [4.69, 9.17) is 0 Å². The van der Waals surface area contributed by atoms with E-state index in [1.54, 1.807) is 0 Å². The summed E-state index contributed by atoms with van der Waals surface area (Å²) >= 11 is 0. The molecule has 1 aromatic rings. The zero-order valence-electron chi connectivity index (χ0n) is 13.0. The molecular formula is C15H25FN2O2S. The molecule has 0 saturated heterocycles. The highest BCUT2D eigenvalue weighted by Gasteiger charge is 2.23. The lowest BCUT2D eigenvalue weighted by Crippen LogP contribution is -2.32. The van der Waals surface area contributed by atoms with Gasteiger partial charge in [0.1, 0.15) is 5.82 Å². The molecule has 21 heavy (non-hydrogen) atoms. The van der Waals surface area contributed by atoms with Gasteiger partial charge in [-0.15, -0.1) is 0 Å². The van der Waals surface area contributed by atoms with Crippen molar-refractivity contribution in [1.82, 2.24) is 9.62 Å². The maximum atomic E-state index is 13.7. The van der Waals surface area contributed by atoms with Crippen LogP contribution in [0.2, 0.25) is 0 Å². The lowest BCUT2D eigenvalue weighted by Gasteiger charge is -2.20. The second-order valence-electron chi connectivity index (χ2n) is 4.88. The van der Waals surface area contributed by atoms with Gasteiger partial charge in [0.05, 0.1) is 4.90 Å². The zero-order chi connectivity index (χ0) is 15.9. The molecule has 0 radical (unpaired) electrons. The largest absolute Gasteiger partial charge is 0.313 e. The van der Waals surface area contributed by atoms with Crippen molar-refractivity contribution in [3.05, 3.63) is 29.6 Å². The van der Waals surface area contributed by atoms with Crippen LogP contribution in [0.1, 0.15) is 39.2 Å². The first-order valence-electron chi connectivity index (χ1n) is 7.46. The molecule has 4 nitrogen and oxygen atoms in total. The first kappa shape index (κ1) is 18.1. The highest BCUT2D eigenvalue weighted by Crippen LogP contribution is 2.19. The van der Waals surface area contributed by atoms with Crippen LogP contribution in [0.5, 0.6) is 0 Å². The van der Waals surface area contributed by atoms with Crippen molar-refractivity contribution >= 4 is 10.0 Å². The molecule has 120 valence electrons. The van der Waals surface area contributed by atoms with Crippen molar-refractivity contribution in [2.24, 2.45) is 0 Å². The summed E-state index contributed by atoms with van der Waals surface area (Å²) in [6.07, 6.45) is 1.75. The second kappa shape index (κ2) is 8.46. The Balaban J connectivity index is 3.06. The van der Waals surface area contributed by atoms with Crippen LogP contribution < -0.4 is 5.32 Å². The van der Waals surface area contributed by atoms with Crippen LogP contribution in [0, 0.1) is 5.82 Å². The minimum atomic E-state index is -3.55. The number of hydrogen-bond donors (Lipinski definition) is 1. The standard InChI is InChI=1S/C15H25FN2O2S/c1-4-7-10-18(6-3)21(19,20)14-8-9-15(16)13(11-14)12-17-5-2/h8-9,11,17H,4-7,10,12H2,1-3H3. The van der Waals surface area contributed by atoms with Crippen molar-refractivity contribution in [3.8, 4) is 0 Å². The molecule has 1 rings (SSSR count). The Hall–Kier alpha value is -0.980. The number of sulfonamides is 1. The van der Waals surface area contributed by atoms with Gasteiger partial charge in [0.2, 0.25) is 10.0 Å². The summed E-state index contributed by atoms with van der Waals surface area (Å²) in [5.41, 5.74) is 0.379. The summed E-state index contributed by atoms with van der Waals surface area (Å²) in [6, 6.07) is 4.00. The van der Waals surface area contributed by atoms with E-state index in [2.05, 4.69) is 5.32 Å². The summed E-state index contributed by atoms with van der Waals surface area (Å²) in [6.45, 7) is 7.70. The summed E-state index contributed by atoms with van der Waals surface area (Å²) in [5, 5.41) is 3.01. The van der Waals surface area contributed by atoms with E-state index in [0.717, 1.165) is 12.8 Å². The molecule has 0 fully saturated rings. The van der Waals surface area contributed by atoms with Gasteiger partial charge in [-0.2, -0.15) is 4.31 Å². The molecule has 0 aliphatic rings. The van der Waals surface area contributed by atoms with Crippen molar-refractivity contribution < 1.29 is 12.8 Å². The Labute approximate surface area is 127 Å². The summed E-state index contributed by atoms with van der Waals surface area (Å²) in [5.74, 6) is -0.383. The molecule has 0 aliphatic carbocycles. The first-order chi connectivity index (χ1) is 9.97. The van der Waals surface area contributed by atoms with Gasteiger partial charge in [0, 0.05) is 25.2 Å². The van der Waals surface area contributed by atoms with Crippen molar-refractivity contribution in [2.45, 2.75) is 45.1 Å². The zero-order valence-corrected chi connectivity index (χ0v) is 13.8. The van der Waals surface area contributed by atoms with Crippen LogP contribution in [-0.4, -0.2) is 32.4 Å². The molecule has 0 heterocycles. The van der Waals surface area contributed by atoms with Gasteiger partial charge >= 0.3 is 0 Å². The van der Waals surface area contributed by atoms with E-state index >= 15 is 0 Å². The number of nitrogens with one attached hydrogen (secondary N) is 1. The molecule has 0 amide bonds. The van der Waals surface area contributed by atoms with Gasteiger partial charge in [0.15, 0.2) is 0 Å². The van der Waals surface area contributed by atoms with E-state index < -0.39 is 10.0 Å². The van der Waals surface area contributed by atoms with Crippen LogP contribution in [0.25, 0.3) is 0 Å². The SMILES string of the molecule is CCCCN(CC)S(=O)(=O)c1ccc(F)c(CNCC)c1. The Morgan fingerprint density at radius 1 is 1.24 bits per heavy atom. The molecule has 0 spiro atoms. The minimum Gasteiger partial charge on any atom is -0.313 e. The normalized spacial score (nSPS) is 12.0. The van der Waals surface area contributed by atoms with Crippen LogP contribution in [0.15, 0.2) is 23.1 Å². The van der Waals surface area contributed by atoms with Crippen LogP contribution in [0.3, 0.4) is 0 Å². The molecule has 0 bridgehead atoms. The average molecular weight is 316 g/mol. The van der Waals surface area contributed by atoms with Gasteiger partial charge in [-0.3, -0.25) is 0 Å². The predicted octanol–water partition coefficient (Wildman–Crippen LogP) is 2.75. The monoisotopic (exact) mass is 316 g/mol. The fraction of sp³-hybridized carbons (Fsp3) is 0.600. The lowest BCUT2D eigenvalue weighted by molar-refractivity contribution is 0.418. The Kier molecular flexibility index (Phi) is 7.28. The Morgan fingerprint density at radius 3 is 2.52 bits per heavy atom. The number of rotatable bonds is 9. The van der Waals surface area contributed by atoms with Gasteiger partial charge in [-0.25, -0.2) is 12.8 Å². The van der Waals surface area contributed by atoms with Gasteiger partial charge < -0.3 is 5.32 Å². The van der Waals surface area contributed by atoms with E-state index in [9.17, 15) is 12.8 Å². The van der Waals surface area contributed by atoms with Crippen LogP contribution in [0.4, 0.5) is 4.39 Å². The summed E-state index contributed by atoms with van der Waals surface area (Å²) in [4.78, 5) is 0.162. The molecule has 0 aliphatic heterocycles. The highest BCUT2D eigenvalue weighted by molar-refractivity contribution is 7.89. The number of halogens is 1. The average Bonchev–Trinajstić information content (AvgIpc) is 2.46. The molecule has 0 saturated carbocycles. The lowest BCUT2D eigenvalue weighted by atomic mass is 10.2. The molecule has 0 unspecified atom stereocenters. The smallest absolute Gasteiger partial charge is 0.243 e. The third-order valence-corrected chi connectivity index (χ3v) is 5.30.